The fraction of sp³-hybridized carbons (Fsp3) is 0.500. The van der Waals surface area contributed by atoms with Crippen LogP contribution in [0.25, 0.3) is 0 Å². The van der Waals surface area contributed by atoms with E-state index in [0.717, 1.165) is 30.8 Å². The van der Waals surface area contributed by atoms with Crippen molar-refractivity contribution in [2.24, 2.45) is 5.92 Å². The third-order valence-electron chi connectivity index (χ3n) is 4.85. The molecule has 0 saturated carbocycles. The molecular formula is C20H25F3N4O. The van der Waals surface area contributed by atoms with Gasteiger partial charge in [0.2, 0.25) is 5.95 Å². The van der Waals surface area contributed by atoms with Gasteiger partial charge in [0, 0.05) is 32.6 Å². The lowest BCUT2D eigenvalue weighted by molar-refractivity contribution is -0.137. The van der Waals surface area contributed by atoms with Crippen molar-refractivity contribution in [3.05, 3.63) is 57.0 Å². The highest BCUT2D eigenvalue weighted by Crippen LogP contribution is 2.29. The maximum absolute atomic E-state index is 12.9. The molecule has 1 aliphatic heterocycles. The number of anilines is 1. The summed E-state index contributed by atoms with van der Waals surface area (Å²) in [7, 11) is 0. The summed E-state index contributed by atoms with van der Waals surface area (Å²) in [5.41, 5.74) is 1.46. The highest BCUT2D eigenvalue weighted by Gasteiger charge is 2.29. The molecular weight excluding hydrogens is 369 g/mol. The minimum Gasteiger partial charge on any atom is -0.351 e. The first-order chi connectivity index (χ1) is 13.3. The van der Waals surface area contributed by atoms with E-state index in [1.807, 2.05) is 0 Å². The summed E-state index contributed by atoms with van der Waals surface area (Å²) in [5.74, 6) is 0.912. The predicted molar refractivity (Wildman–Crippen MR) is 102 cm³/mol. The van der Waals surface area contributed by atoms with Crippen LogP contribution in [-0.4, -0.2) is 16.1 Å². The van der Waals surface area contributed by atoms with E-state index in [9.17, 15) is 18.0 Å². The lowest BCUT2D eigenvalue weighted by Crippen LogP contribution is -2.36. The normalized spacial score (nSPS) is 14.2. The molecule has 0 bridgehead atoms. The monoisotopic (exact) mass is 394 g/mol. The van der Waals surface area contributed by atoms with Crippen LogP contribution >= 0.6 is 0 Å². The van der Waals surface area contributed by atoms with Gasteiger partial charge in [-0.3, -0.25) is 9.36 Å². The molecule has 2 N–H and O–H groups in total. The Morgan fingerprint density at radius 1 is 1.25 bits per heavy atom. The minimum atomic E-state index is -4.35. The average molecular weight is 394 g/mol. The smallest absolute Gasteiger partial charge is 0.351 e. The number of fused-ring (bicyclic) bond motifs is 1. The summed E-state index contributed by atoms with van der Waals surface area (Å²) in [6.45, 7) is 6.31. The van der Waals surface area contributed by atoms with Gasteiger partial charge in [0.05, 0.1) is 16.8 Å². The SMILES string of the molecule is CC(C)CCn1c(NCc2ccc(C(F)(F)F)cc2)nc2c(c1=O)CNCC2. The Kier molecular flexibility index (Phi) is 6.07. The second kappa shape index (κ2) is 8.34. The minimum absolute atomic E-state index is 0.0484. The van der Waals surface area contributed by atoms with Gasteiger partial charge < -0.3 is 10.6 Å². The molecule has 152 valence electrons. The number of benzene rings is 1. The van der Waals surface area contributed by atoms with Crippen molar-refractivity contribution in [2.45, 2.75) is 52.5 Å². The number of halogens is 3. The quantitative estimate of drug-likeness (QED) is 0.787. The second-order valence-electron chi connectivity index (χ2n) is 7.47. The molecule has 0 saturated heterocycles. The van der Waals surface area contributed by atoms with Gasteiger partial charge >= 0.3 is 6.18 Å². The van der Waals surface area contributed by atoms with Gasteiger partial charge in [-0.05, 0) is 30.0 Å². The van der Waals surface area contributed by atoms with Crippen molar-refractivity contribution in [1.82, 2.24) is 14.9 Å². The van der Waals surface area contributed by atoms with Gasteiger partial charge in [0.25, 0.3) is 5.56 Å². The highest BCUT2D eigenvalue weighted by molar-refractivity contribution is 5.35. The van der Waals surface area contributed by atoms with Crippen LogP contribution in [0.1, 0.15) is 42.7 Å². The van der Waals surface area contributed by atoms with Crippen molar-refractivity contribution in [1.29, 1.82) is 0 Å². The fourth-order valence-electron chi connectivity index (χ4n) is 3.17. The van der Waals surface area contributed by atoms with Crippen LogP contribution in [0.15, 0.2) is 29.1 Å². The summed E-state index contributed by atoms with van der Waals surface area (Å²) >= 11 is 0. The van der Waals surface area contributed by atoms with Crippen molar-refractivity contribution in [3.63, 3.8) is 0 Å². The van der Waals surface area contributed by atoms with E-state index in [1.165, 1.54) is 12.1 Å². The summed E-state index contributed by atoms with van der Waals surface area (Å²) in [6.07, 6.45) is -2.83. The zero-order valence-corrected chi connectivity index (χ0v) is 16.1. The number of hydrogen-bond donors (Lipinski definition) is 2. The van der Waals surface area contributed by atoms with E-state index in [-0.39, 0.29) is 5.56 Å². The van der Waals surface area contributed by atoms with Crippen molar-refractivity contribution >= 4 is 5.95 Å². The number of hydrogen-bond acceptors (Lipinski definition) is 4. The molecule has 0 amide bonds. The zero-order valence-electron chi connectivity index (χ0n) is 16.1. The van der Waals surface area contributed by atoms with E-state index in [1.54, 1.807) is 4.57 Å². The molecule has 0 radical (unpaired) electrons. The first-order valence-electron chi connectivity index (χ1n) is 9.49. The fourth-order valence-corrected chi connectivity index (χ4v) is 3.17. The third-order valence-corrected chi connectivity index (χ3v) is 4.85. The van der Waals surface area contributed by atoms with Crippen molar-refractivity contribution < 1.29 is 13.2 Å². The lowest BCUT2D eigenvalue weighted by atomic mass is 10.1. The zero-order chi connectivity index (χ0) is 20.3. The van der Waals surface area contributed by atoms with Crippen molar-refractivity contribution in [2.75, 3.05) is 11.9 Å². The van der Waals surface area contributed by atoms with E-state index >= 15 is 0 Å². The number of nitrogens with one attached hydrogen (secondary N) is 2. The molecule has 0 spiro atoms. The molecule has 0 fully saturated rings. The molecule has 3 rings (SSSR count). The van der Waals surface area contributed by atoms with Crippen LogP contribution in [0.2, 0.25) is 0 Å². The Bertz CT molecular complexity index is 873. The largest absolute Gasteiger partial charge is 0.416 e. The maximum Gasteiger partial charge on any atom is 0.416 e. The molecule has 1 aromatic carbocycles. The van der Waals surface area contributed by atoms with Crippen molar-refractivity contribution in [3.8, 4) is 0 Å². The summed E-state index contributed by atoms with van der Waals surface area (Å²) in [5, 5.41) is 6.36. The van der Waals surface area contributed by atoms with E-state index in [4.69, 9.17) is 0 Å². The summed E-state index contributed by atoms with van der Waals surface area (Å²) < 4.78 is 39.8. The molecule has 2 aromatic rings. The molecule has 2 heterocycles. The van der Waals surface area contributed by atoms with Gasteiger partial charge in [-0.1, -0.05) is 26.0 Å². The lowest BCUT2D eigenvalue weighted by Gasteiger charge is -2.21. The number of rotatable bonds is 6. The number of alkyl halides is 3. The molecule has 0 atom stereocenters. The number of nitrogens with zero attached hydrogens (tertiary/aromatic N) is 2. The Balaban J connectivity index is 1.83. The molecule has 0 unspecified atom stereocenters. The van der Waals surface area contributed by atoms with Gasteiger partial charge in [0.1, 0.15) is 0 Å². The Hall–Kier alpha value is -2.35. The Morgan fingerprint density at radius 3 is 2.61 bits per heavy atom. The average Bonchev–Trinajstić information content (AvgIpc) is 2.65. The van der Waals surface area contributed by atoms with Crippen LogP contribution in [0.4, 0.5) is 19.1 Å². The number of aromatic nitrogens is 2. The van der Waals surface area contributed by atoms with Crippen LogP contribution in [-0.2, 0) is 32.2 Å². The van der Waals surface area contributed by atoms with E-state index in [0.29, 0.717) is 49.0 Å². The summed E-state index contributed by atoms with van der Waals surface area (Å²) in [6, 6.07) is 5.01. The topological polar surface area (TPSA) is 59.0 Å². The first-order valence-corrected chi connectivity index (χ1v) is 9.49. The molecule has 1 aromatic heterocycles. The standard InChI is InChI=1S/C20H25F3N4O/c1-13(2)8-10-27-18(28)16-12-24-9-7-17(16)26-19(27)25-11-14-3-5-15(6-4-14)20(21,22)23/h3-6,13,24H,7-12H2,1-2H3,(H,25,26). The first kappa shape index (κ1) is 20.4. The molecule has 0 aliphatic carbocycles. The predicted octanol–water partition coefficient (Wildman–Crippen LogP) is 3.57. The van der Waals surface area contributed by atoms with Crippen LogP contribution in [0.5, 0.6) is 0 Å². The van der Waals surface area contributed by atoms with Gasteiger partial charge in [-0.25, -0.2) is 4.98 Å². The van der Waals surface area contributed by atoms with E-state index in [2.05, 4.69) is 29.5 Å². The molecule has 28 heavy (non-hydrogen) atoms. The van der Waals surface area contributed by atoms with Crippen LogP contribution in [0.3, 0.4) is 0 Å². The summed E-state index contributed by atoms with van der Waals surface area (Å²) in [4.78, 5) is 17.6. The van der Waals surface area contributed by atoms with Crippen LogP contribution < -0.4 is 16.2 Å². The second-order valence-corrected chi connectivity index (χ2v) is 7.47. The Morgan fingerprint density at radius 2 is 1.96 bits per heavy atom. The highest BCUT2D eigenvalue weighted by atomic mass is 19.4. The Labute approximate surface area is 162 Å². The van der Waals surface area contributed by atoms with E-state index < -0.39 is 11.7 Å². The van der Waals surface area contributed by atoms with Crippen LogP contribution in [0, 0.1) is 5.92 Å². The van der Waals surface area contributed by atoms with Gasteiger partial charge in [-0.2, -0.15) is 13.2 Å². The molecule has 8 heteroatoms. The van der Waals surface area contributed by atoms with Gasteiger partial charge in [0.15, 0.2) is 0 Å². The molecule has 1 aliphatic rings. The molecule has 5 nitrogen and oxygen atoms in total. The van der Waals surface area contributed by atoms with Gasteiger partial charge in [-0.15, -0.1) is 0 Å². The maximum atomic E-state index is 12.9. The third kappa shape index (κ3) is 4.73.